The summed E-state index contributed by atoms with van der Waals surface area (Å²) < 4.78 is 5.78. The molecule has 5 rings (SSSR count). The van der Waals surface area contributed by atoms with Gasteiger partial charge in [0.05, 0.1) is 6.10 Å². The van der Waals surface area contributed by atoms with E-state index in [4.69, 9.17) is 4.74 Å². The number of rotatable bonds is 3. The van der Waals surface area contributed by atoms with Gasteiger partial charge in [0.15, 0.2) is 0 Å². The molecule has 0 aliphatic heterocycles. The van der Waals surface area contributed by atoms with Crippen molar-refractivity contribution >= 4 is 5.97 Å². The van der Waals surface area contributed by atoms with Gasteiger partial charge in [-0.25, -0.2) is 0 Å². The van der Waals surface area contributed by atoms with Crippen molar-refractivity contribution in [1.29, 1.82) is 0 Å². The lowest BCUT2D eigenvalue weighted by atomic mass is 9.33. The van der Waals surface area contributed by atoms with Crippen LogP contribution in [0.4, 0.5) is 0 Å². The van der Waals surface area contributed by atoms with Gasteiger partial charge in [-0.05, 0) is 110 Å². The van der Waals surface area contributed by atoms with Crippen molar-refractivity contribution < 1.29 is 14.6 Å². The maximum Gasteiger partial charge on any atom is 0.302 e. The molecule has 0 aromatic carbocycles. The summed E-state index contributed by atoms with van der Waals surface area (Å²) in [5.74, 6) is 2.41. The van der Waals surface area contributed by atoms with Gasteiger partial charge in [-0.1, -0.05) is 59.6 Å². The molecule has 4 fully saturated rings. The van der Waals surface area contributed by atoms with Crippen molar-refractivity contribution in [3.05, 3.63) is 11.1 Å². The molecule has 3 nitrogen and oxygen atoms in total. The first kappa shape index (κ1) is 25.8. The summed E-state index contributed by atoms with van der Waals surface area (Å²) in [5, 5.41) is 10.9. The Labute approximate surface area is 214 Å². The van der Waals surface area contributed by atoms with Crippen LogP contribution in [0.5, 0.6) is 0 Å². The Morgan fingerprint density at radius 2 is 1.63 bits per heavy atom. The van der Waals surface area contributed by atoms with Crippen molar-refractivity contribution in [2.24, 2.45) is 50.7 Å². The molecule has 0 spiro atoms. The SMILES string of the molecule is CC(=O)OC[C@]12CCC(C(C)C)=C1[C@H]1CC[C@@H]3[C@@]4(C)CC[C@H](O)C(C)(C)[C@H]4CC[C@@]3(C)[C@]1(C)CC2. The van der Waals surface area contributed by atoms with Crippen LogP contribution in [0.25, 0.3) is 0 Å². The Morgan fingerprint density at radius 1 is 0.914 bits per heavy atom. The van der Waals surface area contributed by atoms with E-state index in [1.165, 1.54) is 57.8 Å². The van der Waals surface area contributed by atoms with Crippen molar-refractivity contribution in [2.75, 3.05) is 6.61 Å². The van der Waals surface area contributed by atoms with E-state index < -0.39 is 0 Å². The molecule has 0 amide bonds. The molecule has 8 atom stereocenters. The number of fused-ring (bicyclic) bond motifs is 7. The van der Waals surface area contributed by atoms with Crippen LogP contribution >= 0.6 is 0 Å². The molecule has 0 heterocycles. The number of esters is 1. The fraction of sp³-hybridized carbons (Fsp3) is 0.906. The van der Waals surface area contributed by atoms with Crippen LogP contribution in [0.2, 0.25) is 0 Å². The zero-order valence-electron chi connectivity index (χ0n) is 23.9. The minimum atomic E-state index is -0.161. The van der Waals surface area contributed by atoms with Crippen LogP contribution in [-0.2, 0) is 9.53 Å². The number of carbonyl (C=O) groups is 1. The average Bonchev–Trinajstić information content (AvgIpc) is 3.16. The van der Waals surface area contributed by atoms with Crippen molar-refractivity contribution in [2.45, 2.75) is 126 Å². The maximum atomic E-state index is 11.9. The van der Waals surface area contributed by atoms with Crippen LogP contribution in [0.15, 0.2) is 11.1 Å². The summed E-state index contributed by atoms with van der Waals surface area (Å²) >= 11 is 0. The molecule has 0 unspecified atom stereocenters. The molecule has 0 aromatic rings. The van der Waals surface area contributed by atoms with Crippen molar-refractivity contribution in [3.8, 4) is 0 Å². The summed E-state index contributed by atoms with van der Waals surface area (Å²) in [6, 6.07) is 0. The van der Waals surface area contributed by atoms with E-state index in [1.807, 2.05) is 0 Å². The number of aliphatic hydroxyl groups is 1. The standard InChI is InChI=1S/C32H52O3/c1-20(2)22-11-16-32(19-35-21(3)33)18-17-30(7)23(27(22)32)9-10-25-29(6)14-13-26(34)28(4,5)24(29)12-15-31(25,30)8/h20,23-26,34H,9-19H2,1-8H3/t23-,24-,25-,26+,29+,30-,31-,32-/m1/s1. The molecule has 35 heavy (non-hydrogen) atoms. The second kappa shape index (κ2) is 8.08. The lowest BCUT2D eigenvalue weighted by Crippen LogP contribution is -2.65. The second-order valence-corrected chi connectivity index (χ2v) is 15.1. The number of ether oxygens (including phenoxy) is 1. The molecule has 3 heteroatoms. The molecule has 4 saturated carbocycles. The molecule has 0 bridgehead atoms. The number of hydrogen-bond donors (Lipinski definition) is 1. The normalized spacial score (nSPS) is 48.6. The zero-order chi connectivity index (χ0) is 25.6. The molecule has 1 N–H and O–H groups in total. The second-order valence-electron chi connectivity index (χ2n) is 15.1. The van der Waals surface area contributed by atoms with Gasteiger partial charge in [-0.2, -0.15) is 0 Å². The highest BCUT2D eigenvalue weighted by Crippen LogP contribution is 2.76. The quantitative estimate of drug-likeness (QED) is 0.329. The first-order valence-electron chi connectivity index (χ1n) is 14.8. The van der Waals surface area contributed by atoms with E-state index in [0.29, 0.717) is 40.6 Å². The van der Waals surface area contributed by atoms with Gasteiger partial charge < -0.3 is 9.84 Å². The third-order valence-corrected chi connectivity index (χ3v) is 13.4. The van der Waals surface area contributed by atoms with E-state index in [2.05, 4.69) is 48.5 Å². The van der Waals surface area contributed by atoms with E-state index in [0.717, 1.165) is 12.3 Å². The maximum absolute atomic E-state index is 11.9. The van der Waals surface area contributed by atoms with E-state index in [1.54, 1.807) is 18.1 Å². The van der Waals surface area contributed by atoms with Crippen LogP contribution in [0, 0.1) is 50.7 Å². The largest absolute Gasteiger partial charge is 0.465 e. The Bertz CT molecular complexity index is 916. The highest BCUT2D eigenvalue weighted by Gasteiger charge is 2.69. The van der Waals surface area contributed by atoms with Crippen molar-refractivity contribution in [3.63, 3.8) is 0 Å². The Morgan fingerprint density at radius 3 is 2.29 bits per heavy atom. The summed E-state index contributed by atoms with van der Waals surface area (Å²) in [4.78, 5) is 11.9. The monoisotopic (exact) mass is 484 g/mol. The van der Waals surface area contributed by atoms with E-state index >= 15 is 0 Å². The molecule has 0 saturated heterocycles. The lowest BCUT2D eigenvalue weighted by Gasteiger charge is -2.72. The predicted molar refractivity (Wildman–Crippen MR) is 142 cm³/mol. The molecule has 5 aliphatic rings. The topological polar surface area (TPSA) is 46.5 Å². The average molecular weight is 485 g/mol. The van der Waals surface area contributed by atoms with Crippen LogP contribution in [-0.4, -0.2) is 23.8 Å². The summed E-state index contributed by atoms with van der Waals surface area (Å²) in [7, 11) is 0. The van der Waals surface area contributed by atoms with Crippen molar-refractivity contribution in [1.82, 2.24) is 0 Å². The summed E-state index contributed by atoms with van der Waals surface area (Å²) in [5.41, 5.74) is 4.45. The molecular weight excluding hydrogens is 432 g/mol. The fourth-order valence-electron chi connectivity index (χ4n) is 11.2. The van der Waals surface area contributed by atoms with Crippen LogP contribution in [0.1, 0.15) is 120 Å². The van der Waals surface area contributed by atoms with Gasteiger partial charge in [0.25, 0.3) is 0 Å². The third-order valence-electron chi connectivity index (χ3n) is 13.4. The van der Waals surface area contributed by atoms with Gasteiger partial charge >= 0.3 is 5.97 Å². The zero-order valence-corrected chi connectivity index (χ0v) is 23.9. The lowest BCUT2D eigenvalue weighted by molar-refractivity contribution is -0.229. The fourth-order valence-corrected chi connectivity index (χ4v) is 11.2. The molecule has 5 aliphatic carbocycles. The van der Waals surface area contributed by atoms with Gasteiger partial charge in [0.1, 0.15) is 6.61 Å². The van der Waals surface area contributed by atoms with Gasteiger partial charge in [0, 0.05) is 12.3 Å². The molecule has 198 valence electrons. The van der Waals surface area contributed by atoms with Crippen LogP contribution in [0.3, 0.4) is 0 Å². The van der Waals surface area contributed by atoms with Gasteiger partial charge in [-0.15, -0.1) is 0 Å². The molecule has 0 aromatic heterocycles. The molecule has 0 radical (unpaired) electrons. The number of carbonyl (C=O) groups excluding carboxylic acids is 1. The Balaban J connectivity index is 1.55. The van der Waals surface area contributed by atoms with Gasteiger partial charge in [0.2, 0.25) is 0 Å². The minimum Gasteiger partial charge on any atom is -0.465 e. The summed E-state index contributed by atoms with van der Waals surface area (Å²) in [6.07, 6.45) is 11.9. The number of allylic oxidation sites excluding steroid dienone is 1. The Kier molecular flexibility index (Phi) is 5.96. The van der Waals surface area contributed by atoms with E-state index in [9.17, 15) is 9.90 Å². The Hall–Kier alpha value is -0.830. The number of hydrogen-bond acceptors (Lipinski definition) is 3. The predicted octanol–water partition coefficient (Wildman–Crippen LogP) is 7.71. The van der Waals surface area contributed by atoms with Gasteiger partial charge in [-0.3, -0.25) is 4.79 Å². The smallest absolute Gasteiger partial charge is 0.302 e. The minimum absolute atomic E-state index is 0.0105. The first-order valence-corrected chi connectivity index (χ1v) is 14.8. The number of aliphatic hydroxyl groups excluding tert-OH is 1. The first-order chi connectivity index (χ1) is 16.2. The highest BCUT2D eigenvalue weighted by atomic mass is 16.5. The highest BCUT2D eigenvalue weighted by molar-refractivity contribution is 5.66. The molecular formula is C32H52O3. The van der Waals surface area contributed by atoms with Crippen LogP contribution < -0.4 is 0 Å². The summed E-state index contributed by atoms with van der Waals surface area (Å²) in [6.45, 7) is 19.6. The van der Waals surface area contributed by atoms with E-state index in [-0.39, 0.29) is 22.9 Å². The third kappa shape index (κ3) is 3.34.